The second kappa shape index (κ2) is 7.52. The minimum atomic E-state index is -0.311. The van der Waals surface area contributed by atoms with E-state index in [1.54, 1.807) is 0 Å². The Morgan fingerprint density at radius 3 is 2.72 bits per heavy atom. The van der Waals surface area contributed by atoms with Crippen LogP contribution in [-0.2, 0) is 4.74 Å². The minimum absolute atomic E-state index is 0.248. The molecule has 6 heteroatoms. The topological polar surface area (TPSA) is 105 Å². The number of phenols is 2. The first kappa shape index (κ1) is 14.3. The van der Waals surface area contributed by atoms with Gasteiger partial charge in [0.05, 0.1) is 6.61 Å². The first-order valence-corrected chi connectivity index (χ1v) is 5.73. The van der Waals surface area contributed by atoms with Crippen LogP contribution in [0, 0.1) is 0 Å². The van der Waals surface area contributed by atoms with Crippen molar-refractivity contribution < 1.29 is 19.7 Å². The van der Waals surface area contributed by atoms with Gasteiger partial charge in [-0.3, -0.25) is 4.79 Å². The number of hydrogen-bond acceptors (Lipinski definition) is 5. The lowest BCUT2D eigenvalue weighted by atomic mass is 10.2. The monoisotopic (exact) mass is 254 g/mol. The van der Waals surface area contributed by atoms with Crippen LogP contribution in [0.2, 0.25) is 0 Å². The third-order valence-corrected chi connectivity index (χ3v) is 2.25. The first-order valence-electron chi connectivity index (χ1n) is 5.73. The molecule has 0 atom stereocenters. The van der Waals surface area contributed by atoms with E-state index in [9.17, 15) is 9.90 Å². The van der Waals surface area contributed by atoms with E-state index in [0.29, 0.717) is 38.3 Å². The van der Waals surface area contributed by atoms with Crippen LogP contribution in [-0.4, -0.2) is 42.4 Å². The van der Waals surface area contributed by atoms with Gasteiger partial charge in [-0.15, -0.1) is 0 Å². The quantitative estimate of drug-likeness (QED) is 0.411. The summed E-state index contributed by atoms with van der Waals surface area (Å²) in [6.07, 6.45) is 0.690. The van der Waals surface area contributed by atoms with Gasteiger partial charge >= 0.3 is 0 Å². The van der Waals surface area contributed by atoms with E-state index < -0.39 is 0 Å². The standard InChI is InChI=1S/C12H18N2O4/c13-4-7-18-6-1-5-14-12(17)9-2-3-10(15)11(16)8-9/h2-3,8,15-16H,1,4-7,13H2,(H,14,17). The number of benzene rings is 1. The first-order chi connectivity index (χ1) is 8.65. The molecule has 18 heavy (non-hydrogen) atoms. The largest absolute Gasteiger partial charge is 0.504 e. The number of carbonyl (C=O) groups is 1. The molecular formula is C12H18N2O4. The minimum Gasteiger partial charge on any atom is -0.504 e. The van der Waals surface area contributed by atoms with Crippen LogP contribution in [0.3, 0.4) is 0 Å². The number of nitrogens with one attached hydrogen (secondary N) is 1. The van der Waals surface area contributed by atoms with Gasteiger partial charge in [-0.1, -0.05) is 0 Å². The van der Waals surface area contributed by atoms with Gasteiger partial charge in [0.25, 0.3) is 5.91 Å². The van der Waals surface area contributed by atoms with Crippen LogP contribution in [0.25, 0.3) is 0 Å². The Kier molecular flexibility index (Phi) is 5.96. The number of rotatable bonds is 7. The Morgan fingerprint density at radius 1 is 1.28 bits per heavy atom. The number of ether oxygens (including phenoxy) is 1. The maximum Gasteiger partial charge on any atom is 0.251 e. The molecule has 0 radical (unpaired) electrons. The zero-order chi connectivity index (χ0) is 13.4. The number of hydrogen-bond donors (Lipinski definition) is 4. The average Bonchev–Trinajstić information content (AvgIpc) is 2.36. The van der Waals surface area contributed by atoms with Crippen LogP contribution < -0.4 is 11.1 Å². The van der Waals surface area contributed by atoms with E-state index in [-0.39, 0.29) is 17.4 Å². The predicted octanol–water partition coefficient (Wildman–Crippen LogP) is 0.193. The maximum atomic E-state index is 11.6. The summed E-state index contributed by atoms with van der Waals surface area (Å²) >= 11 is 0. The molecule has 0 saturated heterocycles. The normalized spacial score (nSPS) is 10.3. The number of phenolic OH excluding ortho intramolecular Hbond substituents is 2. The highest BCUT2D eigenvalue weighted by Crippen LogP contribution is 2.24. The summed E-state index contributed by atoms with van der Waals surface area (Å²) in [4.78, 5) is 11.6. The van der Waals surface area contributed by atoms with Crippen LogP contribution in [0.5, 0.6) is 11.5 Å². The molecule has 1 amide bonds. The van der Waals surface area contributed by atoms with Crippen molar-refractivity contribution in [2.45, 2.75) is 6.42 Å². The Bertz CT molecular complexity index is 396. The van der Waals surface area contributed by atoms with Crippen molar-refractivity contribution in [3.63, 3.8) is 0 Å². The van der Waals surface area contributed by atoms with E-state index in [2.05, 4.69) is 5.32 Å². The molecule has 5 N–H and O–H groups in total. The van der Waals surface area contributed by atoms with Crippen LogP contribution >= 0.6 is 0 Å². The molecule has 0 heterocycles. The molecule has 0 aliphatic rings. The lowest BCUT2D eigenvalue weighted by molar-refractivity contribution is 0.0942. The van der Waals surface area contributed by atoms with Crippen molar-refractivity contribution in [3.05, 3.63) is 23.8 Å². The van der Waals surface area contributed by atoms with Crippen LogP contribution in [0.15, 0.2) is 18.2 Å². The smallest absolute Gasteiger partial charge is 0.251 e. The van der Waals surface area contributed by atoms with E-state index >= 15 is 0 Å². The zero-order valence-corrected chi connectivity index (χ0v) is 10.1. The maximum absolute atomic E-state index is 11.6. The molecule has 0 spiro atoms. The SMILES string of the molecule is NCCOCCCNC(=O)c1ccc(O)c(O)c1. The zero-order valence-electron chi connectivity index (χ0n) is 10.1. The Labute approximate surface area is 105 Å². The van der Waals surface area contributed by atoms with Gasteiger partial charge in [-0.25, -0.2) is 0 Å². The molecule has 0 bridgehead atoms. The number of nitrogens with two attached hydrogens (primary N) is 1. The summed E-state index contributed by atoms with van der Waals surface area (Å²) in [5.74, 6) is -0.861. The molecule has 0 fully saturated rings. The number of amides is 1. The van der Waals surface area contributed by atoms with Gasteiger partial charge in [0, 0.05) is 25.3 Å². The lowest BCUT2D eigenvalue weighted by Gasteiger charge is -2.06. The molecule has 1 aromatic rings. The van der Waals surface area contributed by atoms with E-state index in [1.807, 2.05) is 0 Å². The molecule has 1 aromatic carbocycles. The van der Waals surface area contributed by atoms with Crippen molar-refractivity contribution in [1.29, 1.82) is 0 Å². The van der Waals surface area contributed by atoms with Crippen molar-refractivity contribution in [3.8, 4) is 11.5 Å². The fourth-order valence-corrected chi connectivity index (χ4v) is 1.33. The highest BCUT2D eigenvalue weighted by molar-refractivity contribution is 5.94. The van der Waals surface area contributed by atoms with Crippen molar-refractivity contribution in [2.75, 3.05) is 26.3 Å². The summed E-state index contributed by atoms with van der Waals surface area (Å²) in [6.45, 7) is 2.02. The summed E-state index contributed by atoms with van der Waals surface area (Å²) in [5, 5.41) is 21.0. The van der Waals surface area contributed by atoms with Crippen LogP contribution in [0.4, 0.5) is 0 Å². The summed E-state index contributed by atoms with van der Waals surface area (Å²) in [6, 6.07) is 3.93. The van der Waals surface area contributed by atoms with E-state index in [1.165, 1.54) is 18.2 Å². The molecule has 100 valence electrons. The number of aromatic hydroxyl groups is 2. The van der Waals surface area contributed by atoms with Crippen molar-refractivity contribution in [1.82, 2.24) is 5.32 Å². The van der Waals surface area contributed by atoms with Crippen molar-refractivity contribution >= 4 is 5.91 Å². The second-order valence-corrected chi connectivity index (χ2v) is 3.71. The number of carbonyl (C=O) groups excluding carboxylic acids is 1. The molecule has 0 saturated carbocycles. The fraction of sp³-hybridized carbons (Fsp3) is 0.417. The molecule has 0 unspecified atom stereocenters. The summed E-state index contributed by atoms with van der Waals surface area (Å²) < 4.78 is 5.16. The molecular weight excluding hydrogens is 236 g/mol. The Hall–Kier alpha value is -1.79. The second-order valence-electron chi connectivity index (χ2n) is 3.71. The van der Waals surface area contributed by atoms with Gasteiger partial charge in [0.15, 0.2) is 11.5 Å². The predicted molar refractivity (Wildman–Crippen MR) is 66.6 cm³/mol. The van der Waals surface area contributed by atoms with Gasteiger partial charge in [0.2, 0.25) is 0 Å². The lowest BCUT2D eigenvalue weighted by Crippen LogP contribution is -2.25. The third-order valence-electron chi connectivity index (χ3n) is 2.25. The highest BCUT2D eigenvalue weighted by atomic mass is 16.5. The Balaban J connectivity index is 2.30. The fourth-order valence-electron chi connectivity index (χ4n) is 1.33. The third kappa shape index (κ3) is 4.60. The van der Waals surface area contributed by atoms with Gasteiger partial charge < -0.3 is 26.0 Å². The van der Waals surface area contributed by atoms with Gasteiger partial charge in [-0.2, -0.15) is 0 Å². The molecule has 0 aliphatic carbocycles. The molecule has 6 nitrogen and oxygen atoms in total. The van der Waals surface area contributed by atoms with Crippen LogP contribution in [0.1, 0.15) is 16.8 Å². The highest BCUT2D eigenvalue weighted by Gasteiger charge is 2.07. The molecule has 1 rings (SSSR count). The average molecular weight is 254 g/mol. The molecule has 0 aliphatic heterocycles. The van der Waals surface area contributed by atoms with Gasteiger partial charge in [-0.05, 0) is 24.6 Å². The Morgan fingerprint density at radius 2 is 2.06 bits per heavy atom. The summed E-state index contributed by atoms with van der Waals surface area (Å²) in [7, 11) is 0. The van der Waals surface area contributed by atoms with Gasteiger partial charge in [0.1, 0.15) is 0 Å². The van der Waals surface area contributed by atoms with Crippen molar-refractivity contribution in [2.24, 2.45) is 5.73 Å². The van der Waals surface area contributed by atoms with E-state index in [4.69, 9.17) is 15.6 Å². The summed E-state index contributed by atoms with van der Waals surface area (Å²) in [5.41, 5.74) is 5.55. The molecule has 0 aromatic heterocycles. The van der Waals surface area contributed by atoms with E-state index in [0.717, 1.165) is 0 Å².